The minimum absolute atomic E-state index is 0.293. The number of amides is 1. The minimum atomic E-state index is -0.562. The second-order valence-corrected chi connectivity index (χ2v) is 6.34. The molecule has 3 nitrogen and oxygen atoms in total. The molecule has 0 aliphatic carbocycles. The molecule has 0 fully saturated rings. The van der Waals surface area contributed by atoms with Crippen molar-refractivity contribution in [1.82, 2.24) is 0 Å². The number of benzene rings is 2. The van der Waals surface area contributed by atoms with E-state index < -0.39 is 5.91 Å². The lowest BCUT2D eigenvalue weighted by molar-refractivity contribution is 0.100. The summed E-state index contributed by atoms with van der Waals surface area (Å²) >= 11 is 13.7. The van der Waals surface area contributed by atoms with Crippen LogP contribution in [-0.2, 0) is 0 Å². The van der Waals surface area contributed by atoms with Crippen molar-refractivity contribution in [3.8, 4) is 0 Å². The normalized spacial score (nSPS) is 11.4. The van der Waals surface area contributed by atoms with Crippen molar-refractivity contribution >= 4 is 62.4 Å². The van der Waals surface area contributed by atoms with Gasteiger partial charge in [0.25, 0.3) is 5.91 Å². The lowest BCUT2D eigenvalue weighted by Gasteiger charge is -2.03. The number of nitrogens with zero attached hydrogens (tertiary/aromatic N) is 1. The van der Waals surface area contributed by atoms with Crippen molar-refractivity contribution in [2.24, 2.45) is 10.7 Å². The summed E-state index contributed by atoms with van der Waals surface area (Å²) < 4.78 is 1.11. The van der Waals surface area contributed by atoms with E-state index in [2.05, 4.69) is 4.99 Å². The van der Waals surface area contributed by atoms with Crippen LogP contribution in [0.4, 0.5) is 5.69 Å². The molecule has 1 heterocycles. The molecule has 2 N–H and O–H groups in total. The average molecular weight is 349 g/mol. The van der Waals surface area contributed by atoms with Crippen LogP contribution in [0.3, 0.4) is 0 Å². The van der Waals surface area contributed by atoms with Crippen molar-refractivity contribution in [2.45, 2.75) is 0 Å². The largest absolute Gasteiger partial charge is 0.366 e. The lowest BCUT2D eigenvalue weighted by atomic mass is 10.1. The summed E-state index contributed by atoms with van der Waals surface area (Å²) in [6, 6.07) is 10.6. The molecular weight excluding hydrogens is 339 g/mol. The van der Waals surface area contributed by atoms with Crippen molar-refractivity contribution < 1.29 is 4.79 Å². The first-order valence-corrected chi connectivity index (χ1v) is 7.99. The number of carbonyl (C=O) groups excluding carboxylic acids is 1. The van der Waals surface area contributed by atoms with Crippen LogP contribution in [0, 0.1) is 0 Å². The van der Waals surface area contributed by atoms with Crippen LogP contribution in [0.1, 0.15) is 15.9 Å². The maximum Gasteiger partial charge on any atom is 0.250 e. The van der Waals surface area contributed by atoms with Gasteiger partial charge in [0, 0.05) is 32.3 Å². The van der Waals surface area contributed by atoms with E-state index in [0.717, 1.165) is 15.6 Å². The van der Waals surface area contributed by atoms with E-state index in [9.17, 15) is 4.79 Å². The van der Waals surface area contributed by atoms with Crippen LogP contribution in [0.2, 0.25) is 10.0 Å². The van der Waals surface area contributed by atoms with Gasteiger partial charge in [-0.3, -0.25) is 9.79 Å². The third-order valence-electron chi connectivity index (χ3n) is 3.15. The smallest absolute Gasteiger partial charge is 0.250 e. The number of fused-ring (bicyclic) bond motifs is 1. The molecule has 0 aliphatic rings. The van der Waals surface area contributed by atoms with E-state index in [1.165, 1.54) is 0 Å². The number of aliphatic imine (C=N–C) groups is 1. The Balaban J connectivity index is 2.07. The van der Waals surface area contributed by atoms with Gasteiger partial charge in [-0.25, -0.2) is 0 Å². The van der Waals surface area contributed by atoms with E-state index in [4.69, 9.17) is 28.9 Å². The predicted octanol–water partition coefficient (Wildman–Crippen LogP) is 5.06. The highest BCUT2D eigenvalue weighted by atomic mass is 35.5. The summed E-state index contributed by atoms with van der Waals surface area (Å²) in [6.45, 7) is 0. The first-order chi connectivity index (χ1) is 10.6. The van der Waals surface area contributed by atoms with E-state index in [0.29, 0.717) is 21.3 Å². The number of primary amides is 1. The maximum atomic E-state index is 11.5. The summed E-state index contributed by atoms with van der Waals surface area (Å²) in [5.74, 6) is -0.562. The highest BCUT2D eigenvalue weighted by Crippen LogP contribution is 2.31. The predicted molar refractivity (Wildman–Crippen MR) is 94.1 cm³/mol. The summed E-state index contributed by atoms with van der Waals surface area (Å²) in [7, 11) is 0. The molecule has 0 saturated heterocycles. The average Bonchev–Trinajstić information content (AvgIpc) is 2.88. The van der Waals surface area contributed by atoms with Crippen molar-refractivity contribution in [3.05, 3.63) is 63.0 Å². The van der Waals surface area contributed by atoms with Gasteiger partial charge in [-0.1, -0.05) is 29.3 Å². The molecule has 1 amide bonds. The number of para-hydroxylation sites is 1. The molecule has 2 aromatic carbocycles. The van der Waals surface area contributed by atoms with Crippen molar-refractivity contribution in [3.63, 3.8) is 0 Å². The molecule has 110 valence electrons. The third kappa shape index (κ3) is 2.86. The van der Waals surface area contributed by atoms with E-state index >= 15 is 0 Å². The van der Waals surface area contributed by atoms with Crippen molar-refractivity contribution in [1.29, 1.82) is 0 Å². The molecule has 0 saturated carbocycles. The summed E-state index contributed by atoms with van der Waals surface area (Å²) in [4.78, 5) is 15.8. The molecule has 6 heteroatoms. The fraction of sp³-hybridized carbons (Fsp3) is 0. The Hall–Kier alpha value is -1.88. The number of nitrogens with two attached hydrogens (primary N) is 1. The summed E-state index contributed by atoms with van der Waals surface area (Å²) in [5, 5.41) is 4.03. The van der Waals surface area contributed by atoms with Crippen LogP contribution in [-0.4, -0.2) is 12.1 Å². The molecule has 3 rings (SSSR count). The Bertz CT molecular complexity index is 902. The Morgan fingerprint density at radius 1 is 1.23 bits per heavy atom. The van der Waals surface area contributed by atoms with Crippen LogP contribution < -0.4 is 5.73 Å². The highest BCUT2D eigenvalue weighted by Gasteiger charge is 2.10. The monoisotopic (exact) mass is 348 g/mol. The molecule has 0 spiro atoms. The second-order valence-electron chi connectivity index (χ2n) is 4.59. The molecule has 0 atom stereocenters. The molecule has 22 heavy (non-hydrogen) atoms. The van der Waals surface area contributed by atoms with E-state index in [1.807, 2.05) is 23.6 Å². The number of thiophene rings is 1. The Labute approximate surface area is 141 Å². The zero-order valence-electron chi connectivity index (χ0n) is 11.2. The zero-order chi connectivity index (χ0) is 15.7. The van der Waals surface area contributed by atoms with Crippen LogP contribution in [0.15, 0.2) is 46.8 Å². The Morgan fingerprint density at radius 2 is 2.05 bits per heavy atom. The molecule has 0 aliphatic heterocycles. The van der Waals surface area contributed by atoms with Crippen LogP contribution in [0.25, 0.3) is 10.1 Å². The third-order valence-corrected chi connectivity index (χ3v) is 4.67. The fourth-order valence-corrected chi connectivity index (χ4v) is 3.39. The molecule has 0 unspecified atom stereocenters. The van der Waals surface area contributed by atoms with E-state index in [1.54, 1.807) is 35.8 Å². The summed E-state index contributed by atoms with van der Waals surface area (Å²) in [5.41, 5.74) is 6.94. The van der Waals surface area contributed by atoms with Gasteiger partial charge in [0.05, 0.1) is 16.3 Å². The van der Waals surface area contributed by atoms with Gasteiger partial charge >= 0.3 is 0 Å². The number of hydrogen-bond donors (Lipinski definition) is 1. The molecule has 0 radical (unpaired) electrons. The van der Waals surface area contributed by atoms with Gasteiger partial charge in [0.1, 0.15) is 0 Å². The number of hydrogen-bond acceptors (Lipinski definition) is 3. The summed E-state index contributed by atoms with van der Waals surface area (Å²) in [6.07, 6.45) is 1.67. The standard InChI is InChI=1S/C16H10Cl2N2OS/c17-10-4-5-14-12(6-10)9(8-22-14)7-20-15-11(16(19)21)2-1-3-13(15)18/h1-8H,(H2,19,21). The van der Waals surface area contributed by atoms with Gasteiger partial charge in [-0.05, 0) is 30.3 Å². The first kappa shape index (κ1) is 15.0. The van der Waals surface area contributed by atoms with Gasteiger partial charge in [-0.2, -0.15) is 0 Å². The van der Waals surface area contributed by atoms with Gasteiger partial charge in [0.15, 0.2) is 0 Å². The number of rotatable bonds is 3. The molecule has 3 aromatic rings. The number of carbonyl (C=O) groups is 1. The van der Waals surface area contributed by atoms with Gasteiger partial charge in [0.2, 0.25) is 0 Å². The van der Waals surface area contributed by atoms with Crippen molar-refractivity contribution in [2.75, 3.05) is 0 Å². The van der Waals surface area contributed by atoms with Crippen LogP contribution in [0.5, 0.6) is 0 Å². The Kier molecular flexibility index (Phi) is 4.16. The van der Waals surface area contributed by atoms with Gasteiger partial charge in [-0.15, -0.1) is 11.3 Å². The zero-order valence-corrected chi connectivity index (χ0v) is 13.5. The highest BCUT2D eigenvalue weighted by molar-refractivity contribution is 7.17. The quantitative estimate of drug-likeness (QED) is 0.661. The second kappa shape index (κ2) is 6.08. The van der Waals surface area contributed by atoms with Crippen LogP contribution >= 0.6 is 34.5 Å². The van der Waals surface area contributed by atoms with E-state index in [-0.39, 0.29) is 0 Å². The topological polar surface area (TPSA) is 55.5 Å². The minimum Gasteiger partial charge on any atom is -0.366 e. The lowest BCUT2D eigenvalue weighted by Crippen LogP contribution is -2.11. The Morgan fingerprint density at radius 3 is 2.82 bits per heavy atom. The van der Waals surface area contributed by atoms with Gasteiger partial charge < -0.3 is 5.73 Å². The molecule has 0 bridgehead atoms. The molecular formula is C16H10Cl2N2OS. The SMILES string of the molecule is NC(=O)c1cccc(Cl)c1N=Cc1csc2ccc(Cl)cc12. The fourth-order valence-electron chi connectivity index (χ4n) is 2.10. The first-order valence-electron chi connectivity index (χ1n) is 6.35. The maximum absolute atomic E-state index is 11.5. The molecule has 1 aromatic heterocycles. The number of halogens is 2.